The van der Waals surface area contributed by atoms with Crippen LogP contribution in [0, 0.1) is 10.1 Å². The summed E-state index contributed by atoms with van der Waals surface area (Å²) in [6.45, 7) is 0.887. The highest BCUT2D eigenvalue weighted by molar-refractivity contribution is 7.89. The minimum Gasteiger partial charge on any atom is -0.502 e. The number of benzene rings is 1. The lowest BCUT2D eigenvalue weighted by molar-refractivity contribution is -0.386. The topological polar surface area (TPSA) is 138 Å². The molecule has 0 unspecified atom stereocenters. The molecular weight excluding hydrogens is 304 g/mol. The van der Waals surface area contributed by atoms with Crippen molar-refractivity contribution in [2.75, 3.05) is 13.1 Å². The van der Waals surface area contributed by atoms with E-state index in [4.69, 9.17) is 5.11 Å². The Bertz CT molecular complexity index is 657. The van der Waals surface area contributed by atoms with Gasteiger partial charge in [0.25, 0.3) is 0 Å². The largest absolute Gasteiger partial charge is 0.502 e. The number of carboxylic acids is 1. The van der Waals surface area contributed by atoms with Gasteiger partial charge in [-0.2, -0.15) is 4.31 Å². The molecule has 0 aliphatic rings. The number of nitro benzene ring substituents is 1. The standard InChI is InChI=1S/C11H14N2O7S/c1-2-5-12(7-11(15)16)21(19,20)8-3-4-10(14)9(6-8)13(17)18/h3-4,6,14H,2,5,7H2,1H3,(H,15,16). The molecule has 0 bridgehead atoms. The second-order valence-electron chi connectivity index (χ2n) is 4.14. The summed E-state index contributed by atoms with van der Waals surface area (Å²) >= 11 is 0. The van der Waals surface area contributed by atoms with Gasteiger partial charge in [0.15, 0.2) is 5.75 Å². The normalized spacial score (nSPS) is 11.5. The van der Waals surface area contributed by atoms with Gasteiger partial charge in [0.05, 0.1) is 9.82 Å². The van der Waals surface area contributed by atoms with Crippen LogP contribution in [-0.4, -0.2) is 46.9 Å². The molecule has 0 radical (unpaired) electrons. The van der Waals surface area contributed by atoms with E-state index in [0.29, 0.717) is 16.8 Å². The van der Waals surface area contributed by atoms with Gasteiger partial charge in [0.2, 0.25) is 10.0 Å². The maximum Gasteiger partial charge on any atom is 0.318 e. The molecule has 21 heavy (non-hydrogen) atoms. The third kappa shape index (κ3) is 3.89. The predicted molar refractivity (Wildman–Crippen MR) is 71.4 cm³/mol. The lowest BCUT2D eigenvalue weighted by Gasteiger charge is -2.19. The first-order chi connectivity index (χ1) is 9.70. The van der Waals surface area contributed by atoms with Crippen LogP contribution in [0.15, 0.2) is 23.1 Å². The molecule has 116 valence electrons. The third-order valence-electron chi connectivity index (χ3n) is 2.57. The molecule has 1 rings (SSSR count). The lowest BCUT2D eigenvalue weighted by Crippen LogP contribution is -2.36. The summed E-state index contributed by atoms with van der Waals surface area (Å²) in [5, 5.41) is 28.8. The zero-order valence-electron chi connectivity index (χ0n) is 11.1. The number of nitrogens with zero attached hydrogens (tertiary/aromatic N) is 2. The SMILES string of the molecule is CCCN(CC(=O)O)S(=O)(=O)c1ccc(O)c([N+](=O)[O-])c1. The van der Waals surface area contributed by atoms with Crippen molar-refractivity contribution >= 4 is 21.7 Å². The Morgan fingerprint density at radius 2 is 2.05 bits per heavy atom. The zero-order chi connectivity index (χ0) is 16.2. The average molecular weight is 318 g/mol. The number of rotatable bonds is 7. The van der Waals surface area contributed by atoms with Gasteiger partial charge in [-0.05, 0) is 18.6 Å². The van der Waals surface area contributed by atoms with Gasteiger partial charge in [-0.15, -0.1) is 0 Å². The van der Waals surface area contributed by atoms with E-state index < -0.39 is 43.8 Å². The summed E-state index contributed by atoms with van der Waals surface area (Å²) in [7, 11) is -4.19. The second kappa shape index (κ2) is 6.50. The molecule has 0 saturated heterocycles. The van der Waals surface area contributed by atoms with Crippen molar-refractivity contribution in [1.82, 2.24) is 4.31 Å². The molecule has 1 aromatic carbocycles. The summed E-state index contributed by atoms with van der Waals surface area (Å²) < 4.78 is 25.3. The van der Waals surface area contributed by atoms with E-state index in [1.807, 2.05) is 0 Å². The summed E-state index contributed by atoms with van der Waals surface area (Å²) in [5.41, 5.74) is -0.761. The molecular formula is C11H14N2O7S. The van der Waals surface area contributed by atoms with Crippen molar-refractivity contribution < 1.29 is 28.3 Å². The molecule has 10 heteroatoms. The summed E-state index contributed by atoms with van der Waals surface area (Å²) in [4.78, 5) is 20.1. The van der Waals surface area contributed by atoms with Crippen LogP contribution in [0.3, 0.4) is 0 Å². The van der Waals surface area contributed by atoms with E-state index in [1.54, 1.807) is 6.92 Å². The lowest BCUT2D eigenvalue weighted by atomic mass is 10.3. The van der Waals surface area contributed by atoms with E-state index in [-0.39, 0.29) is 6.54 Å². The van der Waals surface area contributed by atoms with Crippen molar-refractivity contribution in [3.8, 4) is 5.75 Å². The van der Waals surface area contributed by atoms with Crippen LogP contribution in [0.1, 0.15) is 13.3 Å². The maximum atomic E-state index is 12.3. The first-order valence-corrected chi connectivity index (χ1v) is 7.33. The van der Waals surface area contributed by atoms with Crippen molar-refractivity contribution in [3.63, 3.8) is 0 Å². The number of hydrogen-bond donors (Lipinski definition) is 2. The first-order valence-electron chi connectivity index (χ1n) is 5.89. The Morgan fingerprint density at radius 3 is 2.52 bits per heavy atom. The Labute approximate surface area is 120 Å². The van der Waals surface area contributed by atoms with Crippen LogP contribution in [0.5, 0.6) is 5.75 Å². The Morgan fingerprint density at radius 1 is 1.43 bits per heavy atom. The van der Waals surface area contributed by atoms with Crippen LogP contribution in [-0.2, 0) is 14.8 Å². The van der Waals surface area contributed by atoms with Gasteiger partial charge in [-0.25, -0.2) is 8.42 Å². The smallest absolute Gasteiger partial charge is 0.318 e. The van der Waals surface area contributed by atoms with E-state index in [2.05, 4.69) is 0 Å². The predicted octanol–water partition coefficient (Wildman–Crippen LogP) is 0.786. The number of nitro groups is 1. The maximum absolute atomic E-state index is 12.3. The fourth-order valence-electron chi connectivity index (χ4n) is 1.64. The summed E-state index contributed by atoms with van der Waals surface area (Å²) in [6, 6.07) is 2.58. The first kappa shape index (κ1) is 16.9. The van der Waals surface area contributed by atoms with E-state index in [1.165, 1.54) is 0 Å². The molecule has 0 aromatic heterocycles. The van der Waals surface area contributed by atoms with E-state index >= 15 is 0 Å². The second-order valence-corrected chi connectivity index (χ2v) is 6.08. The highest BCUT2D eigenvalue weighted by atomic mass is 32.2. The minimum absolute atomic E-state index is 0.0384. The molecule has 0 heterocycles. The molecule has 0 atom stereocenters. The quantitative estimate of drug-likeness (QED) is 0.559. The molecule has 0 fully saturated rings. The molecule has 0 amide bonds. The van der Waals surface area contributed by atoms with Crippen LogP contribution in [0.2, 0.25) is 0 Å². The number of phenolic OH excluding ortho intramolecular Hbond substituents is 1. The van der Waals surface area contributed by atoms with Gasteiger partial charge in [-0.3, -0.25) is 14.9 Å². The minimum atomic E-state index is -4.19. The van der Waals surface area contributed by atoms with Gasteiger partial charge in [0, 0.05) is 12.6 Å². The number of hydrogen-bond acceptors (Lipinski definition) is 6. The number of phenols is 1. The van der Waals surface area contributed by atoms with Crippen molar-refractivity contribution in [3.05, 3.63) is 28.3 Å². The van der Waals surface area contributed by atoms with E-state index in [9.17, 15) is 28.4 Å². The summed E-state index contributed by atoms with van der Waals surface area (Å²) in [6.07, 6.45) is 0.382. The van der Waals surface area contributed by atoms with Crippen LogP contribution < -0.4 is 0 Å². The number of sulfonamides is 1. The Hall–Kier alpha value is -2.20. The van der Waals surface area contributed by atoms with Crippen molar-refractivity contribution in [1.29, 1.82) is 0 Å². The summed E-state index contributed by atoms with van der Waals surface area (Å²) in [5.74, 6) is -2.00. The fourth-order valence-corrected chi connectivity index (χ4v) is 3.15. The van der Waals surface area contributed by atoms with Crippen LogP contribution >= 0.6 is 0 Å². The Balaban J connectivity index is 3.30. The third-order valence-corrected chi connectivity index (χ3v) is 4.41. The Kier molecular flexibility index (Phi) is 5.22. The molecule has 0 saturated carbocycles. The van der Waals surface area contributed by atoms with Crippen molar-refractivity contribution in [2.24, 2.45) is 0 Å². The molecule has 1 aromatic rings. The molecule has 9 nitrogen and oxygen atoms in total. The number of aromatic hydroxyl groups is 1. The molecule has 0 spiro atoms. The highest BCUT2D eigenvalue weighted by Crippen LogP contribution is 2.29. The van der Waals surface area contributed by atoms with Gasteiger partial charge in [0.1, 0.15) is 6.54 Å². The zero-order valence-corrected chi connectivity index (χ0v) is 11.9. The van der Waals surface area contributed by atoms with Crippen LogP contribution in [0.25, 0.3) is 0 Å². The van der Waals surface area contributed by atoms with Gasteiger partial charge in [-0.1, -0.05) is 6.92 Å². The molecule has 0 aliphatic carbocycles. The van der Waals surface area contributed by atoms with Crippen LogP contribution in [0.4, 0.5) is 5.69 Å². The van der Waals surface area contributed by atoms with Crippen molar-refractivity contribution in [2.45, 2.75) is 18.2 Å². The molecule has 2 N–H and O–H groups in total. The fraction of sp³-hybridized carbons (Fsp3) is 0.364. The number of carboxylic acid groups (broad SMARTS) is 1. The average Bonchev–Trinajstić information content (AvgIpc) is 2.37. The highest BCUT2D eigenvalue weighted by Gasteiger charge is 2.28. The number of aliphatic carboxylic acids is 1. The monoisotopic (exact) mass is 318 g/mol. The van der Waals surface area contributed by atoms with Gasteiger partial charge >= 0.3 is 11.7 Å². The molecule has 0 aliphatic heterocycles. The number of carbonyl (C=O) groups is 1. The van der Waals surface area contributed by atoms with E-state index in [0.717, 1.165) is 12.1 Å². The van der Waals surface area contributed by atoms with Gasteiger partial charge < -0.3 is 10.2 Å².